The minimum absolute atomic E-state index is 0.0529. The number of aromatic nitrogens is 1. The van der Waals surface area contributed by atoms with Gasteiger partial charge in [0.25, 0.3) is 0 Å². The van der Waals surface area contributed by atoms with Crippen LogP contribution in [0, 0.1) is 6.92 Å². The second-order valence-corrected chi connectivity index (χ2v) is 4.97. The SMILES string of the molecule is Cc1cc(NC(=O)[C@@H]2CCC(=O)N2Cc2ccco2)no1. The molecule has 1 aliphatic heterocycles. The molecule has 7 heteroatoms. The Kier molecular flexibility index (Phi) is 3.47. The Morgan fingerprint density at radius 1 is 1.57 bits per heavy atom. The highest BCUT2D eigenvalue weighted by Gasteiger charge is 2.36. The first-order valence-electron chi connectivity index (χ1n) is 6.69. The van der Waals surface area contributed by atoms with E-state index in [1.807, 2.05) is 0 Å². The summed E-state index contributed by atoms with van der Waals surface area (Å²) in [5.41, 5.74) is 0. The van der Waals surface area contributed by atoms with E-state index in [9.17, 15) is 9.59 Å². The van der Waals surface area contributed by atoms with Gasteiger partial charge in [0.2, 0.25) is 11.8 Å². The van der Waals surface area contributed by atoms with E-state index in [1.54, 1.807) is 31.4 Å². The molecule has 1 fully saturated rings. The second-order valence-electron chi connectivity index (χ2n) is 4.97. The largest absolute Gasteiger partial charge is 0.467 e. The van der Waals surface area contributed by atoms with E-state index in [4.69, 9.17) is 8.94 Å². The van der Waals surface area contributed by atoms with Gasteiger partial charge in [-0.1, -0.05) is 5.16 Å². The Labute approximate surface area is 120 Å². The number of likely N-dealkylation sites (tertiary alicyclic amines) is 1. The predicted octanol–water partition coefficient (Wildman–Crippen LogP) is 1.71. The molecule has 1 aliphatic rings. The Balaban J connectivity index is 1.70. The van der Waals surface area contributed by atoms with Crippen molar-refractivity contribution >= 4 is 17.6 Å². The smallest absolute Gasteiger partial charge is 0.248 e. The molecule has 0 aromatic carbocycles. The van der Waals surface area contributed by atoms with Crippen LogP contribution in [0.5, 0.6) is 0 Å². The molecule has 2 aromatic rings. The first kappa shape index (κ1) is 13.4. The molecular formula is C14H15N3O4. The number of nitrogens with zero attached hydrogens (tertiary/aromatic N) is 2. The van der Waals surface area contributed by atoms with E-state index < -0.39 is 6.04 Å². The van der Waals surface area contributed by atoms with Gasteiger partial charge in [0.1, 0.15) is 17.6 Å². The molecule has 1 saturated heterocycles. The first-order chi connectivity index (χ1) is 10.1. The zero-order valence-electron chi connectivity index (χ0n) is 11.5. The molecular weight excluding hydrogens is 274 g/mol. The lowest BCUT2D eigenvalue weighted by Gasteiger charge is -2.22. The number of anilines is 1. The molecule has 1 N–H and O–H groups in total. The highest BCUT2D eigenvalue weighted by molar-refractivity contribution is 5.98. The highest BCUT2D eigenvalue weighted by atomic mass is 16.5. The third-order valence-corrected chi connectivity index (χ3v) is 3.42. The number of hydrogen-bond acceptors (Lipinski definition) is 5. The Bertz CT molecular complexity index is 647. The van der Waals surface area contributed by atoms with E-state index in [0.717, 1.165) is 0 Å². The van der Waals surface area contributed by atoms with E-state index in [-0.39, 0.29) is 11.8 Å². The van der Waals surface area contributed by atoms with Gasteiger partial charge < -0.3 is 19.2 Å². The topological polar surface area (TPSA) is 88.6 Å². The zero-order valence-corrected chi connectivity index (χ0v) is 11.5. The normalized spacial score (nSPS) is 18.2. The molecule has 0 saturated carbocycles. The first-order valence-corrected chi connectivity index (χ1v) is 6.69. The van der Waals surface area contributed by atoms with Crippen LogP contribution in [0.25, 0.3) is 0 Å². The summed E-state index contributed by atoms with van der Waals surface area (Å²) < 4.78 is 10.1. The molecule has 0 aliphatic carbocycles. The average molecular weight is 289 g/mol. The Morgan fingerprint density at radius 2 is 2.43 bits per heavy atom. The van der Waals surface area contributed by atoms with Gasteiger partial charge in [0, 0.05) is 12.5 Å². The molecule has 7 nitrogen and oxygen atoms in total. The van der Waals surface area contributed by atoms with Crippen molar-refractivity contribution in [3.8, 4) is 0 Å². The standard InChI is InChI=1S/C14H15N3O4/c1-9-7-12(16-21-9)15-14(19)11-4-5-13(18)17(11)8-10-3-2-6-20-10/h2-3,6-7,11H,4-5,8H2,1H3,(H,15,16,19)/t11-/m0/s1. The number of amides is 2. The quantitative estimate of drug-likeness (QED) is 0.925. The van der Waals surface area contributed by atoms with Crippen molar-refractivity contribution < 1.29 is 18.5 Å². The molecule has 3 rings (SSSR count). The number of furan rings is 1. The minimum Gasteiger partial charge on any atom is -0.467 e. The van der Waals surface area contributed by atoms with Crippen LogP contribution in [0.15, 0.2) is 33.4 Å². The number of carbonyl (C=O) groups is 2. The molecule has 2 amide bonds. The minimum atomic E-state index is -0.514. The lowest BCUT2D eigenvalue weighted by atomic mass is 10.2. The second kappa shape index (κ2) is 5.43. The summed E-state index contributed by atoms with van der Waals surface area (Å²) in [6.07, 6.45) is 2.39. The van der Waals surface area contributed by atoms with Gasteiger partial charge in [-0.15, -0.1) is 0 Å². The molecule has 21 heavy (non-hydrogen) atoms. The van der Waals surface area contributed by atoms with E-state index in [1.165, 1.54) is 4.90 Å². The van der Waals surface area contributed by atoms with Gasteiger partial charge in [-0.25, -0.2) is 0 Å². The molecule has 3 heterocycles. The molecule has 0 radical (unpaired) electrons. The summed E-state index contributed by atoms with van der Waals surface area (Å²) in [6.45, 7) is 2.03. The molecule has 0 spiro atoms. The number of rotatable bonds is 4. The van der Waals surface area contributed by atoms with Crippen LogP contribution in [0.1, 0.15) is 24.4 Å². The van der Waals surface area contributed by atoms with Gasteiger partial charge in [0.05, 0.1) is 12.8 Å². The van der Waals surface area contributed by atoms with Crippen LogP contribution in [0.3, 0.4) is 0 Å². The van der Waals surface area contributed by atoms with Crippen molar-refractivity contribution in [2.75, 3.05) is 5.32 Å². The van der Waals surface area contributed by atoms with Crippen LogP contribution >= 0.6 is 0 Å². The van der Waals surface area contributed by atoms with Crippen molar-refractivity contribution in [1.29, 1.82) is 0 Å². The van der Waals surface area contributed by atoms with Crippen molar-refractivity contribution in [3.63, 3.8) is 0 Å². The molecule has 0 bridgehead atoms. The molecule has 110 valence electrons. The third-order valence-electron chi connectivity index (χ3n) is 3.42. The fraction of sp³-hybridized carbons (Fsp3) is 0.357. The summed E-state index contributed by atoms with van der Waals surface area (Å²) in [7, 11) is 0. The number of nitrogens with one attached hydrogen (secondary N) is 1. The summed E-state index contributed by atoms with van der Waals surface area (Å²) >= 11 is 0. The summed E-state index contributed by atoms with van der Waals surface area (Å²) in [5.74, 6) is 1.30. The van der Waals surface area contributed by atoms with Gasteiger partial charge in [-0.2, -0.15) is 0 Å². The van der Waals surface area contributed by atoms with Crippen LogP contribution in [-0.2, 0) is 16.1 Å². The van der Waals surface area contributed by atoms with Crippen LogP contribution in [-0.4, -0.2) is 27.9 Å². The van der Waals surface area contributed by atoms with Crippen LogP contribution in [0.4, 0.5) is 5.82 Å². The zero-order chi connectivity index (χ0) is 14.8. The fourth-order valence-electron chi connectivity index (χ4n) is 2.41. The van der Waals surface area contributed by atoms with Gasteiger partial charge in [0.15, 0.2) is 5.82 Å². The monoisotopic (exact) mass is 289 g/mol. The average Bonchev–Trinajstić information content (AvgIpc) is 3.15. The lowest BCUT2D eigenvalue weighted by molar-refractivity contribution is -0.134. The third kappa shape index (κ3) is 2.81. The highest BCUT2D eigenvalue weighted by Crippen LogP contribution is 2.23. The number of hydrogen-bond donors (Lipinski definition) is 1. The van der Waals surface area contributed by atoms with E-state index in [2.05, 4.69) is 10.5 Å². The lowest BCUT2D eigenvalue weighted by Crippen LogP contribution is -2.41. The van der Waals surface area contributed by atoms with Crippen molar-refractivity contribution in [2.24, 2.45) is 0 Å². The maximum Gasteiger partial charge on any atom is 0.248 e. The Hall–Kier alpha value is -2.57. The Morgan fingerprint density at radius 3 is 3.10 bits per heavy atom. The van der Waals surface area contributed by atoms with Gasteiger partial charge >= 0.3 is 0 Å². The summed E-state index contributed by atoms with van der Waals surface area (Å²) in [4.78, 5) is 25.8. The van der Waals surface area contributed by atoms with Crippen molar-refractivity contribution in [2.45, 2.75) is 32.4 Å². The van der Waals surface area contributed by atoms with E-state index in [0.29, 0.717) is 36.7 Å². The molecule has 0 unspecified atom stereocenters. The fourth-order valence-corrected chi connectivity index (χ4v) is 2.41. The van der Waals surface area contributed by atoms with Crippen molar-refractivity contribution in [1.82, 2.24) is 10.1 Å². The van der Waals surface area contributed by atoms with Crippen molar-refractivity contribution in [3.05, 3.63) is 36.0 Å². The maximum atomic E-state index is 12.3. The molecule has 1 atom stereocenters. The van der Waals surface area contributed by atoms with Crippen LogP contribution < -0.4 is 5.32 Å². The number of carbonyl (C=O) groups excluding carboxylic acids is 2. The maximum absolute atomic E-state index is 12.3. The molecule has 2 aromatic heterocycles. The van der Waals surface area contributed by atoms with Gasteiger partial charge in [-0.05, 0) is 25.5 Å². The summed E-state index contributed by atoms with van der Waals surface area (Å²) in [6, 6.07) is 4.65. The number of aryl methyl sites for hydroxylation is 1. The predicted molar refractivity (Wildman–Crippen MR) is 72.1 cm³/mol. The van der Waals surface area contributed by atoms with Gasteiger partial charge in [-0.3, -0.25) is 9.59 Å². The van der Waals surface area contributed by atoms with Crippen LogP contribution in [0.2, 0.25) is 0 Å². The summed E-state index contributed by atoms with van der Waals surface area (Å²) in [5, 5.41) is 6.38. The van der Waals surface area contributed by atoms with E-state index >= 15 is 0 Å².